The first-order valence-electron chi connectivity index (χ1n) is 5.96. The molecule has 0 bridgehead atoms. The molecule has 1 aromatic rings. The van der Waals surface area contributed by atoms with E-state index in [-0.39, 0.29) is 11.4 Å². The van der Waals surface area contributed by atoms with Gasteiger partial charge in [-0.1, -0.05) is 18.9 Å². The van der Waals surface area contributed by atoms with Crippen LogP contribution in [-0.2, 0) is 0 Å². The molecule has 0 spiro atoms. The molecule has 1 N–H and O–H groups in total. The summed E-state index contributed by atoms with van der Waals surface area (Å²) in [5.41, 5.74) is 1.02. The minimum Gasteiger partial charge on any atom is -0.347 e. The molecule has 0 unspecified atom stereocenters. The zero-order valence-electron chi connectivity index (χ0n) is 9.99. The average molecular weight is 228 g/mol. The van der Waals surface area contributed by atoms with Gasteiger partial charge in [-0.05, 0) is 38.0 Å². The van der Waals surface area contributed by atoms with Gasteiger partial charge in [0.15, 0.2) is 0 Å². The topological polar surface area (TPSA) is 52.9 Å². The predicted molar refractivity (Wildman–Crippen MR) is 65.5 cm³/mol. The number of rotatable bonds is 2. The molecule has 0 aromatic heterocycles. The quantitative estimate of drug-likeness (QED) is 0.846. The summed E-state index contributed by atoms with van der Waals surface area (Å²) in [6.07, 6.45) is 4.43. The Balaban J connectivity index is 2.12. The van der Waals surface area contributed by atoms with Gasteiger partial charge in [0.25, 0.3) is 5.91 Å². The normalized spacial score (nSPS) is 17.4. The maximum absolute atomic E-state index is 12.1. The number of nitrogens with one attached hydrogen (secondary N) is 1. The Morgan fingerprint density at radius 3 is 2.76 bits per heavy atom. The number of hydrogen-bond donors (Lipinski definition) is 1. The van der Waals surface area contributed by atoms with Crippen molar-refractivity contribution >= 4 is 5.91 Å². The molecule has 1 amide bonds. The fourth-order valence-electron chi connectivity index (χ4n) is 2.36. The molecule has 88 valence electrons. The minimum atomic E-state index is -0.0773. The molecule has 3 nitrogen and oxygen atoms in total. The first-order chi connectivity index (χ1) is 8.13. The zero-order chi connectivity index (χ0) is 12.3. The number of benzene rings is 1. The van der Waals surface area contributed by atoms with E-state index in [1.807, 2.05) is 6.07 Å². The summed E-state index contributed by atoms with van der Waals surface area (Å²) in [7, 11) is 0. The molecule has 1 fully saturated rings. The van der Waals surface area contributed by atoms with E-state index in [1.165, 1.54) is 12.8 Å². The van der Waals surface area contributed by atoms with Gasteiger partial charge >= 0.3 is 0 Å². The van der Waals surface area contributed by atoms with Crippen molar-refractivity contribution in [3.05, 3.63) is 35.4 Å². The van der Waals surface area contributed by atoms with Gasteiger partial charge < -0.3 is 5.32 Å². The first kappa shape index (κ1) is 11.7. The maximum Gasteiger partial charge on any atom is 0.251 e. The van der Waals surface area contributed by atoms with Gasteiger partial charge in [0.05, 0.1) is 11.6 Å². The van der Waals surface area contributed by atoms with Gasteiger partial charge in [0.2, 0.25) is 0 Å². The van der Waals surface area contributed by atoms with Crippen molar-refractivity contribution in [3.8, 4) is 6.07 Å². The molecular weight excluding hydrogens is 212 g/mol. The number of amides is 1. The highest BCUT2D eigenvalue weighted by atomic mass is 16.1. The Bertz CT molecular complexity index is 467. The molecule has 17 heavy (non-hydrogen) atoms. The fourth-order valence-corrected chi connectivity index (χ4v) is 2.36. The van der Waals surface area contributed by atoms with Gasteiger partial charge in [-0.15, -0.1) is 0 Å². The smallest absolute Gasteiger partial charge is 0.251 e. The van der Waals surface area contributed by atoms with Crippen LogP contribution in [0.25, 0.3) is 0 Å². The maximum atomic E-state index is 12.1. The largest absolute Gasteiger partial charge is 0.347 e. The fraction of sp³-hybridized carbons (Fsp3) is 0.429. The summed E-state index contributed by atoms with van der Waals surface area (Å²) in [6.45, 7) is 2.09. The third kappa shape index (κ3) is 2.65. The van der Waals surface area contributed by atoms with E-state index in [0.717, 1.165) is 12.8 Å². The number of nitriles is 1. The lowest BCUT2D eigenvalue weighted by Crippen LogP contribution is -2.43. The highest BCUT2D eigenvalue weighted by Gasteiger charge is 2.30. The van der Waals surface area contributed by atoms with Gasteiger partial charge in [-0.3, -0.25) is 4.79 Å². The monoisotopic (exact) mass is 228 g/mol. The molecule has 0 saturated heterocycles. The highest BCUT2D eigenvalue weighted by molar-refractivity contribution is 5.95. The van der Waals surface area contributed by atoms with Crippen LogP contribution in [0.15, 0.2) is 24.3 Å². The van der Waals surface area contributed by atoms with E-state index in [4.69, 9.17) is 5.26 Å². The van der Waals surface area contributed by atoms with Crippen LogP contribution in [0.4, 0.5) is 0 Å². The van der Waals surface area contributed by atoms with Crippen molar-refractivity contribution in [1.29, 1.82) is 5.26 Å². The summed E-state index contributed by atoms with van der Waals surface area (Å²) in [4.78, 5) is 12.1. The van der Waals surface area contributed by atoms with Crippen molar-refractivity contribution in [2.75, 3.05) is 0 Å². The summed E-state index contributed by atoms with van der Waals surface area (Å²) in [5.74, 6) is -0.0773. The molecule has 0 radical (unpaired) electrons. The second-order valence-corrected chi connectivity index (χ2v) is 4.91. The predicted octanol–water partition coefficient (Wildman–Crippen LogP) is 2.62. The van der Waals surface area contributed by atoms with Crippen LogP contribution >= 0.6 is 0 Å². The summed E-state index contributed by atoms with van der Waals surface area (Å²) < 4.78 is 0. The number of carbonyl (C=O) groups is 1. The molecule has 0 atom stereocenters. The third-order valence-corrected chi connectivity index (χ3v) is 3.38. The summed E-state index contributed by atoms with van der Waals surface area (Å²) >= 11 is 0. The molecule has 1 aromatic carbocycles. The van der Waals surface area contributed by atoms with Crippen LogP contribution < -0.4 is 5.32 Å². The van der Waals surface area contributed by atoms with Gasteiger partial charge in [0, 0.05) is 11.1 Å². The molecule has 1 aliphatic rings. The second-order valence-electron chi connectivity index (χ2n) is 4.91. The van der Waals surface area contributed by atoms with Crippen molar-refractivity contribution in [3.63, 3.8) is 0 Å². The van der Waals surface area contributed by atoms with Gasteiger partial charge in [-0.2, -0.15) is 5.26 Å². The van der Waals surface area contributed by atoms with E-state index in [0.29, 0.717) is 11.1 Å². The Morgan fingerprint density at radius 2 is 2.12 bits per heavy atom. The minimum absolute atomic E-state index is 0.0697. The average Bonchev–Trinajstić information content (AvgIpc) is 2.76. The lowest BCUT2D eigenvalue weighted by Gasteiger charge is -2.25. The molecule has 0 aliphatic heterocycles. The molecule has 0 heterocycles. The van der Waals surface area contributed by atoms with Crippen molar-refractivity contribution < 1.29 is 4.79 Å². The van der Waals surface area contributed by atoms with Gasteiger partial charge in [0.1, 0.15) is 0 Å². The highest BCUT2D eigenvalue weighted by Crippen LogP contribution is 2.29. The Labute approximate surface area is 101 Å². The van der Waals surface area contributed by atoms with Crippen LogP contribution in [0.5, 0.6) is 0 Å². The molecule has 3 heteroatoms. The van der Waals surface area contributed by atoms with E-state index >= 15 is 0 Å². The van der Waals surface area contributed by atoms with E-state index in [2.05, 4.69) is 12.2 Å². The van der Waals surface area contributed by atoms with Crippen molar-refractivity contribution in [1.82, 2.24) is 5.32 Å². The van der Waals surface area contributed by atoms with Gasteiger partial charge in [-0.25, -0.2) is 0 Å². The Hall–Kier alpha value is -1.82. The number of nitrogens with zero attached hydrogens (tertiary/aromatic N) is 1. The Morgan fingerprint density at radius 1 is 1.41 bits per heavy atom. The first-order valence-corrected chi connectivity index (χ1v) is 5.96. The lowest BCUT2D eigenvalue weighted by atomic mass is 10.00. The van der Waals surface area contributed by atoms with Crippen LogP contribution in [0.2, 0.25) is 0 Å². The van der Waals surface area contributed by atoms with Crippen LogP contribution in [0.3, 0.4) is 0 Å². The van der Waals surface area contributed by atoms with E-state index in [9.17, 15) is 4.79 Å². The van der Waals surface area contributed by atoms with Crippen LogP contribution in [0.1, 0.15) is 48.5 Å². The standard InChI is InChI=1S/C14H16N2O/c1-14(7-2-3-8-14)16-13(17)12-6-4-5-11(9-12)10-15/h4-6,9H,2-3,7-8H2,1H3,(H,16,17). The summed E-state index contributed by atoms with van der Waals surface area (Å²) in [5, 5.41) is 11.9. The Kier molecular flexibility index (Phi) is 3.14. The van der Waals surface area contributed by atoms with Crippen LogP contribution in [0, 0.1) is 11.3 Å². The van der Waals surface area contributed by atoms with E-state index in [1.54, 1.807) is 24.3 Å². The zero-order valence-corrected chi connectivity index (χ0v) is 9.99. The second kappa shape index (κ2) is 4.58. The third-order valence-electron chi connectivity index (χ3n) is 3.38. The SMILES string of the molecule is CC1(NC(=O)c2cccc(C#N)c2)CCCC1. The van der Waals surface area contributed by atoms with Crippen LogP contribution in [-0.4, -0.2) is 11.4 Å². The lowest BCUT2D eigenvalue weighted by molar-refractivity contribution is 0.0908. The number of hydrogen-bond acceptors (Lipinski definition) is 2. The van der Waals surface area contributed by atoms with E-state index < -0.39 is 0 Å². The van der Waals surface area contributed by atoms with Crippen molar-refractivity contribution in [2.45, 2.75) is 38.1 Å². The molecular formula is C14H16N2O. The summed E-state index contributed by atoms with van der Waals surface area (Å²) in [6, 6.07) is 8.87. The molecule has 2 rings (SSSR count). The number of carbonyl (C=O) groups excluding carboxylic acids is 1. The molecule has 1 aliphatic carbocycles. The molecule has 1 saturated carbocycles. The van der Waals surface area contributed by atoms with Crippen molar-refractivity contribution in [2.24, 2.45) is 0 Å².